The van der Waals surface area contributed by atoms with E-state index in [9.17, 15) is 9.59 Å². The molecule has 0 unspecified atom stereocenters. The van der Waals surface area contributed by atoms with Gasteiger partial charge in [0.25, 0.3) is 11.5 Å². The molecule has 1 amide bonds. The highest BCUT2D eigenvalue weighted by molar-refractivity contribution is 5.94. The number of carbonyl (C=O) groups excluding carboxylic acids is 1. The molecule has 27 heavy (non-hydrogen) atoms. The first kappa shape index (κ1) is 17.3. The molecule has 1 saturated heterocycles. The SMILES string of the molecule is COc1cccc(C(=O)N2CCC(c3cc4ncccc4c(=O)[nH]3)CC2)c1. The van der Waals surface area contributed by atoms with Gasteiger partial charge in [-0.05, 0) is 49.2 Å². The number of H-pyrrole nitrogens is 1. The number of rotatable bonds is 3. The third-order valence-corrected chi connectivity index (χ3v) is 5.17. The van der Waals surface area contributed by atoms with Crippen molar-refractivity contribution in [2.75, 3.05) is 20.2 Å². The van der Waals surface area contributed by atoms with Gasteiger partial charge >= 0.3 is 0 Å². The molecule has 0 bridgehead atoms. The van der Waals surface area contributed by atoms with E-state index in [1.165, 1.54) is 0 Å². The highest BCUT2D eigenvalue weighted by Crippen LogP contribution is 2.28. The van der Waals surface area contributed by atoms with Gasteiger partial charge in [-0.2, -0.15) is 0 Å². The molecule has 4 rings (SSSR count). The minimum atomic E-state index is -0.106. The van der Waals surface area contributed by atoms with E-state index in [4.69, 9.17) is 4.74 Å². The average molecular weight is 363 g/mol. The van der Waals surface area contributed by atoms with Crippen molar-refractivity contribution in [2.45, 2.75) is 18.8 Å². The Bertz CT molecular complexity index is 1040. The Morgan fingerprint density at radius 1 is 1.19 bits per heavy atom. The minimum Gasteiger partial charge on any atom is -0.497 e. The van der Waals surface area contributed by atoms with Crippen molar-refractivity contribution in [3.05, 3.63) is 70.3 Å². The van der Waals surface area contributed by atoms with E-state index < -0.39 is 0 Å². The number of carbonyl (C=O) groups is 1. The number of hydrogen-bond donors (Lipinski definition) is 1. The van der Waals surface area contributed by atoms with E-state index in [0.717, 1.165) is 18.5 Å². The monoisotopic (exact) mass is 363 g/mol. The predicted molar refractivity (Wildman–Crippen MR) is 103 cm³/mol. The quantitative estimate of drug-likeness (QED) is 0.776. The molecule has 6 nitrogen and oxygen atoms in total. The normalized spacial score (nSPS) is 15.1. The molecule has 1 fully saturated rings. The first-order chi connectivity index (χ1) is 13.2. The summed E-state index contributed by atoms with van der Waals surface area (Å²) in [5, 5.41) is 0.604. The lowest BCUT2D eigenvalue weighted by Crippen LogP contribution is -2.38. The first-order valence-corrected chi connectivity index (χ1v) is 9.07. The molecule has 0 atom stereocenters. The molecule has 3 heterocycles. The smallest absolute Gasteiger partial charge is 0.257 e. The lowest BCUT2D eigenvalue weighted by molar-refractivity contribution is 0.0711. The van der Waals surface area contributed by atoms with E-state index in [2.05, 4.69) is 9.97 Å². The maximum atomic E-state index is 12.7. The van der Waals surface area contributed by atoms with Gasteiger partial charge in [-0.25, -0.2) is 0 Å². The molecule has 1 aliphatic heterocycles. The number of ether oxygens (including phenoxy) is 1. The van der Waals surface area contributed by atoms with Gasteiger partial charge in [-0.15, -0.1) is 0 Å². The van der Waals surface area contributed by atoms with Gasteiger partial charge in [0, 0.05) is 36.5 Å². The molecule has 0 spiro atoms. The van der Waals surface area contributed by atoms with Crippen molar-refractivity contribution in [3.8, 4) is 5.75 Å². The molecule has 1 aliphatic rings. The Morgan fingerprint density at radius 2 is 2.00 bits per heavy atom. The second-order valence-corrected chi connectivity index (χ2v) is 6.79. The van der Waals surface area contributed by atoms with Crippen molar-refractivity contribution in [1.29, 1.82) is 0 Å². The number of benzene rings is 1. The number of piperidine rings is 1. The van der Waals surface area contributed by atoms with Gasteiger partial charge in [-0.3, -0.25) is 14.6 Å². The summed E-state index contributed by atoms with van der Waals surface area (Å²) < 4.78 is 5.20. The standard InChI is InChI=1S/C21H21N3O3/c1-27-16-5-2-4-15(12-16)21(26)24-10-7-14(8-11-24)18-13-19-17(20(25)23-18)6-3-9-22-19/h2-6,9,12-14H,7-8,10-11H2,1H3,(H,23,25). The molecule has 138 valence electrons. The minimum absolute atomic E-state index is 0.0148. The third kappa shape index (κ3) is 3.43. The van der Waals surface area contributed by atoms with Crippen LogP contribution in [0.4, 0.5) is 0 Å². The van der Waals surface area contributed by atoms with Crippen LogP contribution in [0, 0.1) is 0 Å². The topological polar surface area (TPSA) is 75.3 Å². The Balaban J connectivity index is 1.49. The van der Waals surface area contributed by atoms with E-state index in [-0.39, 0.29) is 17.4 Å². The zero-order valence-electron chi connectivity index (χ0n) is 15.1. The number of pyridine rings is 2. The van der Waals surface area contributed by atoms with E-state index >= 15 is 0 Å². The first-order valence-electron chi connectivity index (χ1n) is 9.07. The Kier molecular flexibility index (Phi) is 4.62. The number of amides is 1. The van der Waals surface area contributed by atoms with Crippen molar-refractivity contribution >= 4 is 16.8 Å². The highest BCUT2D eigenvalue weighted by Gasteiger charge is 2.25. The Labute approximate surface area is 156 Å². The zero-order valence-corrected chi connectivity index (χ0v) is 15.1. The third-order valence-electron chi connectivity index (χ3n) is 5.17. The molecule has 0 aliphatic carbocycles. The van der Waals surface area contributed by atoms with Crippen LogP contribution >= 0.6 is 0 Å². The van der Waals surface area contributed by atoms with Crippen LogP contribution in [0.1, 0.15) is 34.8 Å². The molecule has 2 aromatic heterocycles. The van der Waals surface area contributed by atoms with Crippen molar-refractivity contribution in [2.24, 2.45) is 0 Å². The summed E-state index contributed by atoms with van der Waals surface area (Å²) in [5.74, 6) is 0.913. The maximum Gasteiger partial charge on any atom is 0.257 e. The fourth-order valence-electron chi connectivity index (χ4n) is 3.66. The number of aromatic nitrogens is 2. The molecule has 0 saturated carbocycles. The van der Waals surface area contributed by atoms with Crippen LogP contribution in [0.15, 0.2) is 53.5 Å². The second-order valence-electron chi connectivity index (χ2n) is 6.79. The largest absolute Gasteiger partial charge is 0.497 e. The van der Waals surface area contributed by atoms with Crippen LogP contribution < -0.4 is 10.3 Å². The molecule has 3 aromatic rings. The lowest BCUT2D eigenvalue weighted by Gasteiger charge is -2.32. The molecule has 0 radical (unpaired) electrons. The summed E-state index contributed by atoms with van der Waals surface area (Å²) in [6.07, 6.45) is 3.31. The van der Waals surface area contributed by atoms with Crippen LogP contribution in [0.25, 0.3) is 10.9 Å². The summed E-state index contributed by atoms with van der Waals surface area (Å²) in [6.45, 7) is 1.31. The van der Waals surface area contributed by atoms with Crippen LogP contribution in [0.5, 0.6) is 5.75 Å². The van der Waals surface area contributed by atoms with Gasteiger partial charge in [0.15, 0.2) is 0 Å². The number of likely N-dealkylation sites (tertiary alicyclic amines) is 1. The van der Waals surface area contributed by atoms with Gasteiger partial charge in [0.2, 0.25) is 0 Å². The summed E-state index contributed by atoms with van der Waals surface area (Å²) in [6, 6.07) is 12.7. The maximum absolute atomic E-state index is 12.7. The summed E-state index contributed by atoms with van der Waals surface area (Å²) in [5.41, 5.74) is 2.15. The summed E-state index contributed by atoms with van der Waals surface area (Å²) in [7, 11) is 1.59. The van der Waals surface area contributed by atoms with E-state index in [1.807, 2.05) is 29.2 Å². The number of methoxy groups -OCH3 is 1. The van der Waals surface area contributed by atoms with Gasteiger partial charge in [0.1, 0.15) is 5.75 Å². The van der Waals surface area contributed by atoms with Crippen LogP contribution in [0.2, 0.25) is 0 Å². The number of fused-ring (bicyclic) bond motifs is 1. The summed E-state index contributed by atoms with van der Waals surface area (Å²) >= 11 is 0. The highest BCUT2D eigenvalue weighted by atomic mass is 16.5. The molecular formula is C21H21N3O3. The van der Waals surface area contributed by atoms with Gasteiger partial charge < -0.3 is 14.6 Å². The lowest BCUT2D eigenvalue weighted by atomic mass is 9.92. The molecule has 6 heteroatoms. The van der Waals surface area contributed by atoms with Gasteiger partial charge in [0.05, 0.1) is 18.0 Å². The average Bonchev–Trinajstić information content (AvgIpc) is 2.73. The fraction of sp³-hybridized carbons (Fsp3) is 0.286. The number of aromatic amines is 1. The Morgan fingerprint density at radius 3 is 2.78 bits per heavy atom. The fourth-order valence-corrected chi connectivity index (χ4v) is 3.66. The van der Waals surface area contributed by atoms with Crippen LogP contribution in [-0.4, -0.2) is 41.0 Å². The van der Waals surface area contributed by atoms with E-state index in [1.54, 1.807) is 31.5 Å². The zero-order chi connectivity index (χ0) is 18.8. The Hall–Kier alpha value is -3.15. The van der Waals surface area contributed by atoms with Gasteiger partial charge in [-0.1, -0.05) is 6.07 Å². The molecule has 1 aromatic carbocycles. The van der Waals surface area contributed by atoms with E-state index in [0.29, 0.717) is 35.3 Å². The number of hydrogen-bond acceptors (Lipinski definition) is 4. The summed E-state index contributed by atoms with van der Waals surface area (Å²) in [4.78, 5) is 34.2. The predicted octanol–water partition coefficient (Wildman–Crippen LogP) is 2.95. The van der Waals surface area contributed by atoms with Crippen molar-refractivity contribution in [1.82, 2.24) is 14.9 Å². The van der Waals surface area contributed by atoms with Crippen LogP contribution in [-0.2, 0) is 0 Å². The molecule has 1 N–H and O–H groups in total. The molecular weight excluding hydrogens is 342 g/mol. The number of nitrogens with zero attached hydrogens (tertiary/aromatic N) is 2. The van der Waals surface area contributed by atoms with Crippen molar-refractivity contribution in [3.63, 3.8) is 0 Å². The van der Waals surface area contributed by atoms with Crippen LogP contribution in [0.3, 0.4) is 0 Å². The number of nitrogens with one attached hydrogen (secondary N) is 1. The van der Waals surface area contributed by atoms with Crippen molar-refractivity contribution < 1.29 is 9.53 Å². The second kappa shape index (κ2) is 7.23.